The SMILES string of the molecule is CN1CCN(c2ccc(NC(=O)CCCN(C)S(=O)(=O)c3ccccc3)cc2)CC1. The van der Waals surface area contributed by atoms with Crippen molar-refractivity contribution in [2.45, 2.75) is 17.7 Å². The van der Waals surface area contributed by atoms with E-state index in [-0.39, 0.29) is 23.8 Å². The Morgan fingerprint density at radius 2 is 1.63 bits per heavy atom. The first kappa shape index (κ1) is 22.3. The van der Waals surface area contributed by atoms with Crippen LogP contribution in [-0.4, -0.2) is 70.3 Å². The Morgan fingerprint density at radius 1 is 1.00 bits per heavy atom. The number of nitrogens with one attached hydrogen (secondary N) is 1. The van der Waals surface area contributed by atoms with Crippen molar-refractivity contribution in [3.63, 3.8) is 0 Å². The fourth-order valence-corrected chi connectivity index (χ4v) is 4.63. The third kappa shape index (κ3) is 5.81. The molecule has 1 saturated heterocycles. The maximum Gasteiger partial charge on any atom is 0.242 e. The quantitative estimate of drug-likeness (QED) is 0.697. The van der Waals surface area contributed by atoms with E-state index >= 15 is 0 Å². The maximum absolute atomic E-state index is 12.5. The molecular weight excluding hydrogens is 400 g/mol. The highest BCUT2D eigenvalue weighted by Gasteiger charge is 2.20. The van der Waals surface area contributed by atoms with Crippen LogP contribution in [0.2, 0.25) is 0 Å². The van der Waals surface area contributed by atoms with Crippen LogP contribution in [0.5, 0.6) is 0 Å². The molecule has 30 heavy (non-hydrogen) atoms. The lowest BCUT2D eigenvalue weighted by atomic mass is 10.2. The number of piperazine rings is 1. The summed E-state index contributed by atoms with van der Waals surface area (Å²) in [6.07, 6.45) is 0.711. The van der Waals surface area contributed by atoms with Crippen molar-refractivity contribution < 1.29 is 13.2 Å². The van der Waals surface area contributed by atoms with Crippen molar-refractivity contribution in [3.8, 4) is 0 Å². The van der Waals surface area contributed by atoms with Crippen LogP contribution in [0.3, 0.4) is 0 Å². The van der Waals surface area contributed by atoms with Gasteiger partial charge in [-0.3, -0.25) is 4.79 Å². The van der Waals surface area contributed by atoms with Gasteiger partial charge in [-0.1, -0.05) is 18.2 Å². The number of amides is 1. The van der Waals surface area contributed by atoms with Gasteiger partial charge in [0.25, 0.3) is 0 Å². The summed E-state index contributed by atoms with van der Waals surface area (Å²) in [5, 5.41) is 2.89. The Labute approximate surface area is 179 Å². The first-order valence-electron chi connectivity index (χ1n) is 10.2. The highest BCUT2D eigenvalue weighted by Crippen LogP contribution is 2.20. The van der Waals surface area contributed by atoms with Crippen LogP contribution in [0, 0.1) is 0 Å². The number of hydrogen-bond donors (Lipinski definition) is 1. The van der Waals surface area contributed by atoms with Gasteiger partial charge in [-0.05, 0) is 49.9 Å². The zero-order valence-corrected chi connectivity index (χ0v) is 18.4. The van der Waals surface area contributed by atoms with Gasteiger partial charge in [0.2, 0.25) is 15.9 Å². The molecule has 1 aliphatic heterocycles. The van der Waals surface area contributed by atoms with Crippen molar-refractivity contribution in [1.29, 1.82) is 0 Å². The molecule has 1 fully saturated rings. The molecule has 0 saturated carbocycles. The number of carbonyl (C=O) groups is 1. The minimum absolute atomic E-state index is 0.118. The molecular formula is C22H30N4O3S. The van der Waals surface area contributed by atoms with E-state index < -0.39 is 10.0 Å². The minimum Gasteiger partial charge on any atom is -0.369 e. The van der Waals surface area contributed by atoms with Gasteiger partial charge in [-0.15, -0.1) is 0 Å². The molecule has 1 heterocycles. The van der Waals surface area contributed by atoms with Crippen LogP contribution in [0.15, 0.2) is 59.5 Å². The number of sulfonamides is 1. The summed E-state index contributed by atoms with van der Waals surface area (Å²) >= 11 is 0. The monoisotopic (exact) mass is 430 g/mol. The second-order valence-electron chi connectivity index (χ2n) is 7.63. The smallest absolute Gasteiger partial charge is 0.242 e. The molecule has 0 atom stereocenters. The summed E-state index contributed by atoms with van der Waals surface area (Å²) in [5.74, 6) is -0.118. The molecule has 8 heteroatoms. The lowest BCUT2D eigenvalue weighted by molar-refractivity contribution is -0.116. The van der Waals surface area contributed by atoms with Crippen molar-refractivity contribution in [1.82, 2.24) is 9.21 Å². The highest BCUT2D eigenvalue weighted by atomic mass is 32.2. The molecule has 2 aromatic rings. The summed E-state index contributed by atoms with van der Waals surface area (Å²) in [6, 6.07) is 16.2. The average Bonchev–Trinajstić information content (AvgIpc) is 2.75. The van der Waals surface area contributed by atoms with Crippen molar-refractivity contribution in [2.75, 3.05) is 57.0 Å². The molecule has 3 rings (SSSR count). The predicted octanol–water partition coefficient (Wildman–Crippen LogP) is 2.48. The second kappa shape index (κ2) is 10.1. The molecule has 1 amide bonds. The summed E-state index contributed by atoms with van der Waals surface area (Å²) < 4.78 is 26.3. The topological polar surface area (TPSA) is 73.0 Å². The Balaban J connectivity index is 1.44. The van der Waals surface area contributed by atoms with Crippen LogP contribution in [-0.2, 0) is 14.8 Å². The van der Waals surface area contributed by atoms with Gasteiger partial charge in [0, 0.05) is 57.6 Å². The Hall–Kier alpha value is -2.42. The van der Waals surface area contributed by atoms with Crippen molar-refractivity contribution in [3.05, 3.63) is 54.6 Å². The van der Waals surface area contributed by atoms with E-state index in [2.05, 4.69) is 22.2 Å². The number of hydrogen-bond acceptors (Lipinski definition) is 5. The van der Waals surface area contributed by atoms with E-state index in [4.69, 9.17) is 0 Å². The van der Waals surface area contributed by atoms with E-state index in [0.717, 1.165) is 37.6 Å². The Kier molecular flexibility index (Phi) is 7.47. The highest BCUT2D eigenvalue weighted by molar-refractivity contribution is 7.89. The molecule has 0 aromatic heterocycles. The fourth-order valence-electron chi connectivity index (χ4n) is 3.40. The van der Waals surface area contributed by atoms with Crippen LogP contribution in [0.1, 0.15) is 12.8 Å². The molecule has 0 radical (unpaired) electrons. The molecule has 1 aliphatic rings. The Bertz CT molecular complexity index is 925. The summed E-state index contributed by atoms with van der Waals surface area (Å²) in [6.45, 7) is 4.38. The number of carbonyl (C=O) groups excluding carboxylic acids is 1. The van der Waals surface area contributed by atoms with Crippen molar-refractivity contribution in [2.24, 2.45) is 0 Å². The van der Waals surface area contributed by atoms with E-state index in [1.165, 1.54) is 11.4 Å². The number of rotatable bonds is 8. The summed E-state index contributed by atoms with van der Waals surface area (Å²) in [5.41, 5.74) is 1.91. The summed E-state index contributed by atoms with van der Waals surface area (Å²) in [7, 11) is 0.148. The zero-order chi connectivity index (χ0) is 21.6. The number of likely N-dealkylation sites (N-methyl/N-ethyl adjacent to an activating group) is 1. The van der Waals surface area contributed by atoms with E-state index in [0.29, 0.717) is 6.42 Å². The van der Waals surface area contributed by atoms with E-state index in [1.807, 2.05) is 24.3 Å². The molecule has 1 N–H and O–H groups in total. The van der Waals surface area contributed by atoms with Gasteiger partial charge in [-0.2, -0.15) is 0 Å². The van der Waals surface area contributed by atoms with Crippen molar-refractivity contribution >= 4 is 27.3 Å². The second-order valence-corrected chi connectivity index (χ2v) is 9.67. The summed E-state index contributed by atoms with van der Waals surface area (Å²) in [4.78, 5) is 17.2. The first-order valence-corrected chi connectivity index (χ1v) is 11.6. The predicted molar refractivity (Wildman–Crippen MR) is 120 cm³/mol. The third-order valence-corrected chi connectivity index (χ3v) is 7.22. The zero-order valence-electron chi connectivity index (χ0n) is 17.6. The van der Waals surface area contributed by atoms with Crippen LogP contribution in [0.25, 0.3) is 0 Å². The molecule has 0 spiro atoms. The van der Waals surface area contributed by atoms with E-state index in [1.54, 1.807) is 30.3 Å². The third-order valence-electron chi connectivity index (χ3n) is 5.35. The standard InChI is InChI=1S/C22H30N4O3S/c1-24-15-17-26(18-16-24)20-12-10-19(11-13-20)23-22(27)9-6-14-25(2)30(28,29)21-7-4-3-5-8-21/h3-5,7-8,10-13H,6,9,14-18H2,1-2H3,(H,23,27). The minimum atomic E-state index is -3.52. The van der Waals surface area contributed by atoms with Gasteiger partial charge in [0.05, 0.1) is 4.90 Å². The fraction of sp³-hybridized carbons (Fsp3) is 0.409. The number of nitrogens with zero attached hydrogens (tertiary/aromatic N) is 3. The number of anilines is 2. The first-order chi connectivity index (χ1) is 14.4. The maximum atomic E-state index is 12.5. The lowest BCUT2D eigenvalue weighted by Gasteiger charge is -2.34. The van der Waals surface area contributed by atoms with Gasteiger partial charge < -0.3 is 15.1 Å². The largest absolute Gasteiger partial charge is 0.369 e. The van der Waals surface area contributed by atoms with Crippen LogP contribution >= 0.6 is 0 Å². The molecule has 0 aliphatic carbocycles. The lowest BCUT2D eigenvalue weighted by Crippen LogP contribution is -2.44. The molecule has 162 valence electrons. The average molecular weight is 431 g/mol. The van der Waals surface area contributed by atoms with Gasteiger partial charge in [0.15, 0.2) is 0 Å². The molecule has 7 nitrogen and oxygen atoms in total. The number of benzene rings is 2. The molecule has 2 aromatic carbocycles. The van der Waals surface area contributed by atoms with Crippen LogP contribution < -0.4 is 10.2 Å². The van der Waals surface area contributed by atoms with Gasteiger partial charge >= 0.3 is 0 Å². The molecule has 0 bridgehead atoms. The van der Waals surface area contributed by atoms with Gasteiger partial charge in [-0.25, -0.2) is 12.7 Å². The van der Waals surface area contributed by atoms with Crippen LogP contribution in [0.4, 0.5) is 11.4 Å². The van der Waals surface area contributed by atoms with Gasteiger partial charge in [0.1, 0.15) is 0 Å². The molecule has 0 unspecified atom stereocenters. The Morgan fingerprint density at radius 3 is 2.27 bits per heavy atom. The van der Waals surface area contributed by atoms with E-state index in [9.17, 15) is 13.2 Å². The normalized spacial score (nSPS) is 15.4.